The van der Waals surface area contributed by atoms with E-state index in [1.165, 1.54) is 0 Å². The second kappa shape index (κ2) is 4.73. The predicted molar refractivity (Wildman–Crippen MR) is 50.0 cm³/mol. The van der Waals surface area contributed by atoms with Crippen molar-refractivity contribution in [2.24, 2.45) is 0 Å². The molecule has 1 heterocycles. The molecule has 1 fully saturated rings. The van der Waals surface area contributed by atoms with E-state index in [0.717, 1.165) is 0 Å². The van der Waals surface area contributed by atoms with Gasteiger partial charge in [0.25, 0.3) is 0 Å². The van der Waals surface area contributed by atoms with E-state index < -0.39 is 43.4 Å². The molecule has 4 N–H and O–H groups in total. The largest absolute Gasteiger partial charge is 0.394 e. The van der Waals surface area contributed by atoms with E-state index in [1.54, 1.807) is 13.8 Å². The molecule has 1 rings (SSSR count). The van der Waals surface area contributed by atoms with Crippen LogP contribution in [-0.4, -0.2) is 63.8 Å². The van der Waals surface area contributed by atoms with Gasteiger partial charge in [0, 0.05) is 0 Å². The van der Waals surface area contributed by atoms with Crippen molar-refractivity contribution >= 4 is 0 Å². The maximum absolute atomic E-state index is 9.46. The van der Waals surface area contributed by atoms with Crippen LogP contribution >= 0.6 is 0 Å². The Bertz CT molecular complexity index is 187. The lowest BCUT2D eigenvalue weighted by atomic mass is 10.0. The first-order valence-electron chi connectivity index (χ1n) is 4.85. The number of hydrogen-bond acceptors (Lipinski definition) is 6. The highest BCUT2D eigenvalue weighted by Gasteiger charge is 2.47. The van der Waals surface area contributed by atoms with Crippen molar-refractivity contribution in [1.29, 1.82) is 0 Å². The fourth-order valence-electron chi connectivity index (χ4n) is 1.62. The van der Waals surface area contributed by atoms with Gasteiger partial charge in [-0.3, -0.25) is 0 Å². The predicted octanol–water partition coefficient (Wildman–Crippen LogP) is -1.79. The van der Waals surface area contributed by atoms with Crippen molar-refractivity contribution in [3.63, 3.8) is 0 Å². The summed E-state index contributed by atoms with van der Waals surface area (Å²) in [5, 5.41) is 36.5. The van der Waals surface area contributed by atoms with Crippen LogP contribution in [0.5, 0.6) is 0 Å². The maximum atomic E-state index is 9.46. The molecule has 6 nitrogen and oxygen atoms in total. The Morgan fingerprint density at radius 1 is 1.00 bits per heavy atom. The minimum absolute atomic E-state index is 0.487. The van der Waals surface area contributed by atoms with Gasteiger partial charge in [-0.15, -0.1) is 0 Å². The highest BCUT2D eigenvalue weighted by molar-refractivity contribution is 4.90. The molecule has 0 spiro atoms. The van der Waals surface area contributed by atoms with Gasteiger partial charge < -0.3 is 29.9 Å². The van der Waals surface area contributed by atoms with Crippen molar-refractivity contribution in [2.45, 2.75) is 44.1 Å². The van der Waals surface area contributed by atoms with Gasteiger partial charge in [0.2, 0.25) is 0 Å². The first kappa shape index (κ1) is 12.8. The van der Waals surface area contributed by atoms with Gasteiger partial charge in [0.1, 0.15) is 24.4 Å². The van der Waals surface area contributed by atoms with Gasteiger partial charge in [-0.2, -0.15) is 0 Å². The number of ether oxygens (including phenoxy) is 2. The summed E-state index contributed by atoms with van der Waals surface area (Å²) in [5.41, 5.74) is 0. The van der Waals surface area contributed by atoms with E-state index in [9.17, 15) is 10.2 Å². The summed E-state index contributed by atoms with van der Waals surface area (Å²) in [6, 6.07) is 0. The van der Waals surface area contributed by atoms with Crippen molar-refractivity contribution < 1.29 is 29.9 Å². The molecule has 15 heavy (non-hydrogen) atoms. The molecular formula is C9H18O6. The smallest absolute Gasteiger partial charge is 0.164 e. The molecule has 0 amide bonds. The Kier molecular flexibility index (Phi) is 4.05. The highest BCUT2D eigenvalue weighted by Crippen LogP contribution is 2.31. The van der Waals surface area contributed by atoms with Gasteiger partial charge in [0.05, 0.1) is 13.2 Å². The third-order valence-corrected chi connectivity index (χ3v) is 2.30. The summed E-state index contributed by atoms with van der Waals surface area (Å²) in [4.78, 5) is 0. The Hall–Kier alpha value is -0.240. The molecule has 1 saturated heterocycles. The van der Waals surface area contributed by atoms with Gasteiger partial charge >= 0.3 is 0 Å². The van der Waals surface area contributed by atoms with E-state index >= 15 is 0 Å². The summed E-state index contributed by atoms with van der Waals surface area (Å²) in [5.74, 6) is -0.943. The van der Waals surface area contributed by atoms with Crippen LogP contribution < -0.4 is 0 Å². The van der Waals surface area contributed by atoms with Gasteiger partial charge in [-0.25, -0.2) is 0 Å². The monoisotopic (exact) mass is 222 g/mol. The van der Waals surface area contributed by atoms with Crippen molar-refractivity contribution in [3.05, 3.63) is 0 Å². The van der Waals surface area contributed by atoms with Gasteiger partial charge in [-0.1, -0.05) is 0 Å². The lowest BCUT2D eigenvalue weighted by Crippen LogP contribution is -2.45. The highest BCUT2D eigenvalue weighted by atomic mass is 16.8. The Balaban J connectivity index is 2.74. The molecule has 0 aromatic heterocycles. The first-order valence-corrected chi connectivity index (χ1v) is 4.85. The van der Waals surface area contributed by atoms with Crippen LogP contribution in [0.2, 0.25) is 0 Å². The average Bonchev–Trinajstić information content (AvgIpc) is 2.52. The SMILES string of the molecule is CC1(C)O[C@H]([C@H](O)CO)[C@@H](C(O)CO)O1. The summed E-state index contributed by atoms with van der Waals surface area (Å²) >= 11 is 0. The minimum atomic E-state index is -1.14. The van der Waals surface area contributed by atoms with E-state index in [-0.39, 0.29) is 0 Å². The van der Waals surface area contributed by atoms with Crippen LogP contribution in [0.15, 0.2) is 0 Å². The Morgan fingerprint density at radius 2 is 1.33 bits per heavy atom. The van der Waals surface area contributed by atoms with E-state index in [2.05, 4.69) is 0 Å². The quantitative estimate of drug-likeness (QED) is 0.448. The van der Waals surface area contributed by atoms with Crippen LogP contribution in [0.4, 0.5) is 0 Å². The average molecular weight is 222 g/mol. The Labute approximate surface area is 88.1 Å². The molecule has 4 atom stereocenters. The van der Waals surface area contributed by atoms with Crippen LogP contribution in [0.1, 0.15) is 13.8 Å². The van der Waals surface area contributed by atoms with E-state index in [0.29, 0.717) is 0 Å². The summed E-state index contributed by atoms with van der Waals surface area (Å²) in [7, 11) is 0. The van der Waals surface area contributed by atoms with Crippen LogP contribution in [0, 0.1) is 0 Å². The molecule has 0 aromatic rings. The molecule has 1 aliphatic heterocycles. The fourth-order valence-corrected chi connectivity index (χ4v) is 1.62. The molecule has 6 heteroatoms. The molecule has 1 unspecified atom stereocenters. The zero-order chi connectivity index (χ0) is 11.6. The topological polar surface area (TPSA) is 99.4 Å². The number of hydrogen-bond donors (Lipinski definition) is 4. The number of aliphatic hydroxyl groups is 4. The summed E-state index contributed by atoms with van der Waals surface area (Å²) in [6.07, 6.45) is -3.96. The standard InChI is InChI=1S/C9H18O6/c1-9(2)14-7(5(12)3-10)8(15-9)6(13)4-11/h5-8,10-13H,3-4H2,1-2H3/t5-,6?,7-,8-/m1/s1. The van der Waals surface area contributed by atoms with Gasteiger partial charge in [-0.05, 0) is 13.8 Å². The molecule has 1 aliphatic rings. The lowest BCUT2D eigenvalue weighted by molar-refractivity contribution is -0.163. The van der Waals surface area contributed by atoms with Crippen LogP contribution in [-0.2, 0) is 9.47 Å². The minimum Gasteiger partial charge on any atom is -0.394 e. The lowest BCUT2D eigenvalue weighted by Gasteiger charge is -2.23. The summed E-state index contributed by atoms with van der Waals surface area (Å²) < 4.78 is 10.7. The molecule has 90 valence electrons. The number of aliphatic hydroxyl groups excluding tert-OH is 4. The van der Waals surface area contributed by atoms with E-state index in [1.807, 2.05) is 0 Å². The fraction of sp³-hybridized carbons (Fsp3) is 1.00. The molecular weight excluding hydrogens is 204 g/mol. The second-order valence-corrected chi connectivity index (χ2v) is 4.06. The van der Waals surface area contributed by atoms with Crippen molar-refractivity contribution in [3.8, 4) is 0 Å². The van der Waals surface area contributed by atoms with E-state index in [4.69, 9.17) is 19.7 Å². The number of rotatable bonds is 4. The van der Waals surface area contributed by atoms with Gasteiger partial charge in [0.15, 0.2) is 5.79 Å². The normalized spacial score (nSPS) is 34.0. The molecule has 0 bridgehead atoms. The zero-order valence-corrected chi connectivity index (χ0v) is 8.83. The van der Waals surface area contributed by atoms with Crippen molar-refractivity contribution in [1.82, 2.24) is 0 Å². The molecule has 0 aliphatic carbocycles. The Morgan fingerprint density at radius 3 is 1.60 bits per heavy atom. The maximum Gasteiger partial charge on any atom is 0.164 e. The third-order valence-electron chi connectivity index (χ3n) is 2.30. The zero-order valence-electron chi connectivity index (χ0n) is 8.83. The third kappa shape index (κ3) is 2.87. The molecule has 0 saturated carbocycles. The molecule has 0 radical (unpaired) electrons. The summed E-state index contributed by atoms with van der Waals surface area (Å²) in [6.45, 7) is 2.29. The van der Waals surface area contributed by atoms with Crippen LogP contribution in [0.25, 0.3) is 0 Å². The van der Waals surface area contributed by atoms with Crippen molar-refractivity contribution in [2.75, 3.05) is 13.2 Å². The first-order chi connectivity index (χ1) is 6.91. The second-order valence-electron chi connectivity index (χ2n) is 4.06. The van der Waals surface area contributed by atoms with Crippen LogP contribution in [0.3, 0.4) is 0 Å². The molecule has 0 aromatic carbocycles.